The number of halogens is 2. The number of guanidine groups is 1. The summed E-state index contributed by atoms with van der Waals surface area (Å²) < 4.78 is 2.01. The van der Waals surface area contributed by atoms with Gasteiger partial charge in [-0.3, -0.25) is 9.67 Å². The molecule has 0 spiro atoms. The van der Waals surface area contributed by atoms with Crippen molar-refractivity contribution in [1.82, 2.24) is 20.4 Å². The van der Waals surface area contributed by atoms with Crippen LogP contribution in [0.4, 0.5) is 0 Å². The summed E-state index contributed by atoms with van der Waals surface area (Å²) in [7, 11) is 0. The second kappa shape index (κ2) is 10.5. The number of nitrogens with one attached hydrogen (secondary N) is 2. The van der Waals surface area contributed by atoms with Crippen LogP contribution in [0.5, 0.6) is 0 Å². The van der Waals surface area contributed by atoms with Gasteiger partial charge in [0.05, 0.1) is 18.3 Å². The maximum absolute atomic E-state index is 10.3. The third kappa shape index (κ3) is 7.05. The SMILES string of the molecule is CCNC(=NCC(O)c1cc(Cl)cc(Cl)c1)NCCCn1nc(C)cc1C. The van der Waals surface area contributed by atoms with Crippen molar-refractivity contribution in [2.75, 3.05) is 19.6 Å². The molecule has 8 heteroatoms. The van der Waals surface area contributed by atoms with Crippen LogP contribution in [0.25, 0.3) is 0 Å². The van der Waals surface area contributed by atoms with Gasteiger partial charge in [-0.2, -0.15) is 5.10 Å². The second-order valence-corrected chi connectivity index (χ2v) is 7.24. The summed E-state index contributed by atoms with van der Waals surface area (Å²) in [5.74, 6) is 0.665. The molecule has 0 fully saturated rings. The highest BCUT2D eigenvalue weighted by Crippen LogP contribution is 2.23. The summed E-state index contributed by atoms with van der Waals surface area (Å²) in [4.78, 5) is 4.45. The zero-order chi connectivity index (χ0) is 19.8. The lowest BCUT2D eigenvalue weighted by atomic mass is 10.1. The van der Waals surface area contributed by atoms with E-state index in [9.17, 15) is 5.11 Å². The highest BCUT2D eigenvalue weighted by Gasteiger charge is 2.10. The minimum atomic E-state index is -0.772. The number of hydrogen-bond donors (Lipinski definition) is 3. The summed E-state index contributed by atoms with van der Waals surface area (Å²) in [6, 6.07) is 7.10. The predicted octanol–water partition coefficient (Wildman–Crippen LogP) is 3.49. The fourth-order valence-electron chi connectivity index (χ4n) is 2.73. The van der Waals surface area contributed by atoms with Crippen molar-refractivity contribution in [2.24, 2.45) is 4.99 Å². The maximum Gasteiger partial charge on any atom is 0.191 e. The van der Waals surface area contributed by atoms with Crippen LogP contribution in [0.3, 0.4) is 0 Å². The molecule has 1 heterocycles. The molecule has 6 nitrogen and oxygen atoms in total. The molecule has 0 aliphatic carbocycles. The summed E-state index contributed by atoms with van der Waals surface area (Å²) in [5.41, 5.74) is 2.85. The number of nitrogens with zero attached hydrogens (tertiary/aromatic N) is 3. The van der Waals surface area contributed by atoms with Crippen LogP contribution in [0.1, 0.15) is 36.4 Å². The van der Waals surface area contributed by atoms with Crippen LogP contribution in [-0.4, -0.2) is 40.5 Å². The first-order chi connectivity index (χ1) is 12.9. The molecule has 2 aromatic rings. The summed E-state index contributed by atoms with van der Waals surface area (Å²) in [6.45, 7) is 8.60. The molecular weight excluding hydrogens is 385 g/mol. The number of hydrogen-bond acceptors (Lipinski definition) is 3. The van der Waals surface area contributed by atoms with Gasteiger partial charge in [0, 0.05) is 35.4 Å². The Morgan fingerprint density at radius 1 is 1.19 bits per heavy atom. The number of aliphatic hydroxyl groups excluding tert-OH is 1. The molecule has 0 amide bonds. The van der Waals surface area contributed by atoms with Crippen LogP contribution >= 0.6 is 23.2 Å². The van der Waals surface area contributed by atoms with Gasteiger partial charge in [0.2, 0.25) is 0 Å². The van der Waals surface area contributed by atoms with Crippen molar-refractivity contribution in [3.05, 3.63) is 51.3 Å². The van der Waals surface area contributed by atoms with Gasteiger partial charge in [0.15, 0.2) is 5.96 Å². The van der Waals surface area contributed by atoms with Crippen molar-refractivity contribution in [3.63, 3.8) is 0 Å². The molecule has 1 unspecified atom stereocenters. The Hall–Kier alpha value is -1.76. The number of aryl methyl sites for hydroxylation is 3. The van der Waals surface area contributed by atoms with E-state index < -0.39 is 6.10 Å². The normalized spacial score (nSPS) is 12.9. The average Bonchev–Trinajstić information content (AvgIpc) is 2.92. The van der Waals surface area contributed by atoms with Gasteiger partial charge in [-0.1, -0.05) is 23.2 Å². The number of aliphatic hydroxyl groups is 1. The van der Waals surface area contributed by atoms with E-state index in [0.717, 1.165) is 37.4 Å². The van der Waals surface area contributed by atoms with Crippen molar-refractivity contribution in [2.45, 2.75) is 39.8 Å². The van der Waals surface area contributed by atoms with Crippen molar-refractivity contribution in [1.29, 1.82) is 0 Å². The van der Waals surface area contributed by atoms with E-state index in [4.69, 9.17) is 23.2 Å². The van der Waals surface area contributed by atoms with E-state index in [2.05, 4.69) is 33.7 Å². The molecule has 1 aromatic heterocycles. The zero-order valence-electron chi connectivity index (χ0n) is 16.0. The molecule has 0 bridgehead atoms. The fourth-order valence-corrected chi connectivity index (χ4v) is 3.27. The molecule has 1 atom stereocenters. The molecule has 0 radical (unpaired) electrons. The Morgan fingerprint density at radius 3 is 2.48 bits per heavy atom. The van der Waals surface area contributed by atoms with E-state index >= 15 is 0 Å². The fraction of sp³-hybridized carbons (Fsp3) is 0.474. The van der Waals surface area contributed by atoms with Crippen LogP contribution < -0.4 is 10.6 Å². The average molecular weight is 412 g/mol. The molecule has 0 aliphatic heterocycles. The first kappa shape index (κ1) is 21.5. The molecule has 27 heavy (non-hydrogen) atoms. The first-order valence-electron chi connectivity index (χ1n) is 9.06. The monoisotopic (exact) mass is 411 g/mol. The van der Waals surface area contributed by atoms with Gasteiger partial charge in [0.25, 0.3) is 0 Å². The van der Waals surface area contributed by atoms with E-state index in [0.29, 0.717) is 21.6 Å². The van der Waals surface area contributed by atoms with E-state index in [1.807, 2.05) is 18.5 Å². The minimum Gasteiger partial charge on any atom is -0.386 e. The van der Waals surface area contributed by atoms with Crippen LogP contribution in [0.15, 0.2) is 29.3 Å². The van der Waals surface area contributed by atoms with Crippen LogP contribution in [-0.2, 0) is 6.54 Å². The number of benzene rings is 1. The Balaban J connectivity index is 1.86. The van der Waals surface area contributed by atoms with Gasteiger partial charge in [-0.25, -0.2) is 0 Å². The lowest BCUT2D eigenvalue weighted by molar-refractivity contribution is 0.187. The summed E-state index contributed by atoms with van der Waals surface area (Å²) >= 11 is 12.0. The van der Waals surface area contributed by atoms with Crippen LogP contribution in [0, 0.1) is 13.8 Å². The lowest BCUT2D eigenvalue weighted by Crippen LogP contribution is -2.38. The van der Waals surface area contributed by atoms with Gasteiger partial charge in [-0.15, -0.1) is 0 Å². The Bertz CT molecular complexity index is 755. The molecule has 148 valence electrons. The molecule has 0 aliphatic rings. The van der Waals surface area contributed by atoms with E-state index in [-0.39, 0.29) is 6.54 Å². The van der Waals surface area contributed by atoms with Crippen molar-refractivity contribution in [3.8, 4) is 0 Å². The van der Waals surface area contributed by atoms with Gasteiger partial charge < -0.3 is 15.7 Å². The maximum atomic E-state index is 10.3. The topological polar surface area (TPSA) is 74.5 Å². The quantitative estimate of drug-likeness (QED) is 0.353. The van der Waals surface area contributed by atoms with Gasteiger partial charge >= 0.3 is 0 Å². The predicted molar refractivity (Wildman–Crippen MR) is 112 cm³/mol. The zero-order valence-corrected chi connectivity index (χ0v) is 17.5. The van der Waals surface area contributed by atoms with Crippen molar-refractivity contribution < 1.29 is 5.11 Å². The third-order valence-electron chi connectivity index (χ3n) is 3.98. The highest BCUT2D eigenvalue weighted by molar-refractivity contribution is 6.34. The molecule has 0 saturated carbocycles. The van der Waals surface area contributed by atoms with E-state index in [1.54, 1.807) is 18.2 Å². The smallest absolute Gasteiger partial charge is 0.191 e. The summed E-state index contributed by atoms with van der Waals surface area (Å²) in [6.07, 6.45) is 0.144. The molecule has 0 saturated heterocycles. The molecule has 2 rings (SSSR count). The molecular formula is C19H27Cl2N5O. The van der Waals surface area contributed by atoms with Gasteiger partial charge in [0.1, 0.15) is 0 Å². The summed E-state index contributed by atoms with van der Waals surface area (Å²) in [5, 5.41) is 22.3. The number of rotatable bonds is 8. The second-order valence-electron chi connectivity index (χ2n) is 6.37. The lowest BCUT2D eigenvalue weighted by Gasteiger charge is -2.14. The number of aliphatic imine (C=N–C) groups is 1. The van der Waals surface area contributed by atoms with Crippen LogP contribution in [0.2, 0.25) is 10.0 Å². The van der Waals surface area contributed by atoms with E-state index in [1.165, 1.54) is 0 Å². The Labute approximate surface area is 170 Å². The third-order valence-corrected chi connectivity index (χ3v) is 4.42. The molecule has 3 N–H and O–H groups in total. The largest absolute Gasteiger partial charge is 0.386 e. The van der Waals surface area contributed by atoms with Crippen molar-refractivity contribution >= 4 is 29.2 Å². The Morgan fingerprint density at radius 2 is 1.89 bits per heavy atom. The minimum absolute atomic E-state index is 0.212. The van der Waals surface area contributed by atoms with Gasteiger partial charge in [-0.05, 0) is 57.0 Å². The highest BCUT2D eigenvalue weighted by atomic mass is 35.5. The number of aromatic nitrogens is 2. The molecule has 1 aromatic carbocycles. The Kier molecular flexibility index (Phi) is 8.41. The standard InChI is InChI=1S/C19H27Cl2N5O/c1-4-22-19(23-6-5-7-26-14(3)8-13(2)25-26)24-12-18(27)15-9-16(20)11-17(21)10-15/h8-11,18,27H,4-7,12H2,1-3H3,(H2,22,23,24). The first-order valence-corrected chi connectivity index (χ1v) is 9.82.